The number of halogens is 3. The molecule has 0 saturated carbocycles. The molecule has 19 heavy (non-hydrogen) atoms. The summed E-state index contributed by atoms with van der Waals surface area (Å²) >= 11 is 3.22. The van der Waals surface area contributed by atoms with E-state index in [1.165, 1.54) is 25.3 Å². The van der Waals surface area contributed by atoms with Gasteiger partial charge in [-0.3, -0.25) is 0 Å². The van der Waals surface area contributed by atoms with E-state index in [9.17, 15) is 13.6 Å². The molecule has 0 aliphatic heterocycles. The normalized spacial score (nSPS) is 10.3. The molecule has 5 heteroatoms. The Bertz CT molecular complexity index is 641. The molecule has 0 fully saturated rings. The largest absolute Gasteiger partial charge is 0.465 e. The third kappa shape index (κ3) is 2.98. The molecule has 0 aliphatic rings. The maximum Gasteiger partial charge on any atom is 0.337 e. The number of ether oxygens (including phenoxy) is 1. The number of methoxy groups -OCH3 is 1. The lowest BCUT2D eigenvalue weighted by Gasteiger charge is -2.07. The Balaban J connectivity index is 2.59. The number of esters is 1. The minimum absolute atomic E-state index is 0.0388. The lowest BCUT2D eigenvalue weighted by atomic mass is 10.0. The van der Waals surface area contributed by atoms with E-state index in [4.69, 9.17) is 0 Å². The predicted molar refractivity (Wildman–Crippen MR) is 70.8 cm³/mol. The van der Waals surface area contributed by atoms with E-state index in [1.54, 1.807) is 6.07 Å². The lowest BCUT2D eigenvalue weighted by molar-refractivity contribution is 0.0600. The van der Waals surface area contributed by atoms with Crippen LogP contribution in [0.15, 0.2) is 40.9 Å². The van der Waals surface area contributed by atoms with Gasteiger partial charge in [0.2, 0.25) is 0 Å². The van der Waals surface area contributed by atoms with Gasteiger partial charge in [0.15, 0.2) is 0 Å². The van der Waals surface area contributed by atoms with Crippen molar-refractivity contribution in [2.45, 2.75) is 0 Å². The zero-order chi connectivity index (χ0) is 14.0. The highest BCUT2D eigenvalue weighted by Gasteiger charge is 2.12. The molecule has 2 nitrogen and oxygen atoms in total. The van der Waals surface area contributed by atoms with Crippen molar-refractivity contribution < 1.29 is 18.3 Å². The summed E-state index contributed by atoms with van der Waals surface area (Å²) in [7, 11) is 1.20. The summed E-state index contributed by atoms with van der Waals surface area (Å²) in [6.45, 7) is 0. The van der Waals surface area contributed by atoms with Crippen molar-refractivity contribution in [1.29, 1.82) is 0 Å². The van der Waals surface area contributed by atoms with Crippen molar-refractivity contribution in [2.75, 3.05) is 7.11 Å². The van der Waals surface area contributed by atoms with Gasteiger partial charge in [0.1, 0.15) is 11.6 Å². The third-order valence-electron chi connectivity index (χ3n) is 2.56. The molecule has 0 unspecified atom stereocenters. The van der Waals surface area contributed by atoms with Crippen molar-refractivity contribution >= 4 is 21.9 Å². The first-order chi connectivity index (χ1) is 9.01. The number of hydrogen-bond donors (Lipinski definition) is 0. The van der Waals surface area contributed by atoms with Crippen molar-refractivity contribution in [3.05, 3.63) is 58.1 Å². The Morgan fingerprint density at radius 3 is 2.58 bits per heavy atom. The second kappa shape index (κ2) is 5.48. The van der Waals surface area contributed by atoms with Gasteiger partial charge in [-0.15, -0.1) is 0 Å². The Kier molecular flexibility index (Phi) is 3.95. The lowest BCUT2D eigenvalue weighted by Crippen LogP contribution is -2.02. The average molecular weight is 327 g/mol. The van der Waals surface area contributed by atoms with Crippen LogP contribution in [-0.2, 0) is 4.74 Å². The summed E-state index contributed by atoms with van der Waals surface area (Å²) in [4.78, 5) is 11.4. The number of carbonyl (C=O) groups excluding carboxylic acids is 1. The molecule has 0 heterocycles. The SMILES string of the molecule is COC(=O)c1cc(F)cc(-c2cc(Br)ccc2F)c1. The van der Waals surface area contributed by atoms with Crippen LogP contribution in [0.4, 0.5) is 8.78 Å². The monoisotopic (exact) mass is 326 g/mol. The van der Waals surface area contributed by atoms with Crippen LogP contribution in [0.1, 0.15) is 10.4 Å². The number of rotatable bonds is 2. The zero-order valence-electron chi connectivity index (χ0n) is 9.91. The van der Waals surface area contributed by atoms with E-state index in [2.05, 4.69) is 20.7 Å². The second-order valence-electron chi connectivity index (χ2n) is 3.84. The van der Waals surface area contributed by atoms with Crippen molar-refractivity contribution in [3.63, 3.8) is 0 Å². The summed E-state index contributed by atoms with van der Waals surface area (Å²) in [5.74, 6) is -1.79. The number of carbonyl (C=O) groups is 1. The molecule has 98 valence electrons. The van der Waals surface area contributed by atoms with Crippen molar-refractivity contribution in [3.8, 4) is 11.1 Å². The summed E-state index contributed by atoms with van der Waals surface area (Å²) in [6.07, 6.45) is 0. The van der Waals surface area contributed by atoms with Gasteiger partial charge in [0.25, 0.3) is 0 Å². The molecule has 0 bridgehead atoms. The molecule has 2 aromatic carbocycles. The standard InChI is InChI=1S/C14H9BrF2O2/c1-19-14(18)9-4-8(5-11(16)6-9)12-7-10(15)2-3-13(12)17/h2-7H,1H3. The Morgan fingerprint density at radius 2 is 1.89 bits per heavy atom. The molecule has 0 aliphatic carbocycles. The van der Waals surface area contributed by atoms with E-state index in [-0.39, 0.29) is 16.7 Å². The van der Waals surface area contributed by atoms with Gasteiger partial charge in [-0.25, -0.2) is 13.6 Å². The third-order valence-corrected chi connectivity index (χ3v) is 3.05. The fourth-order valence-corrected chi connectivity index (χ4v) is 2.06. The molecular weight excluding hydrogens is 318 g/mol. The van der Waals surface area contributed by atoms with Crippen LogP contribution in [-0.4, -0.2) is 13.1 Å². The minimum atomic E-state index is -0.670. The summed E-state index contributed by atoms with van der Waals surface area (Å²) in [6, 6.07) is 7.93. The molecule has 0 amide bonds. The van der Waals surface area contributed by atoms with E-state index >= 15 is 0 Å². The van der Waals surface area contributed by atoms with Crippen LogP contribution in [0.25, 0.3) is 11.1 Å². The Morgan fingerprint density at radius 1 is 1.16 bits per heavy atom. The van der Waals surface area contributed by atoms with Gasteiger partial charge in [0.05, 0.1) is 12.7 Å². The summed E-state index contributed by atoms with van der Waals surface area (Å²) in [5.41, 5.74) is 0.523. The summed E-state index contributed by atoms with van der Waals surface area (Å²) in [5, 5.41) is 0. The Hall–Kier alpha value is -1.75. The Labute approximate surface area is 117 Å². The van der Waals surface area contributed by atoms with Crippen LogP contribution in [0.5, 0.6) is 0 Å². The molecule has 2 rings (SSSR count). The molecule has 0 saturated heterocycles. The maximum atomic E-state index is 13.7. The van der Waals surface area contributed by atoms with Crippen LogP contribution in [0, 0.1) is 11.6 Å². The molecule has 0 atom stereocenters. The number of hydrogen-bond acceptors (Lipinski definition) is 2. The molecular formula is C14H9BrF2O2. The van der Waals surface area contributed by atoms with Gasteiger partial charge in [0, 0.05) is 10.0 Å². The van der Waals surface area contributed by atoms with Gasteiger partial charge in [-0.05, 0) is 42.0 Å². The van der Waals surface area contributed by atoms with E-state index < -0.39 is 17.6 Å². The maximum absolute atomic E-state index is 13.7. The first kappa shape index (κ1) is 13.7. The molecule has 0 aromatic heterocycles. The predicted octanol–water partition coefficient (Wildman–Crippen LogP) is 4.18. The smallest absolute Gasteiger partial charge is 0.337 e. The first-order valence-electron chi connectivity index (χ1n) is 5.35. The van der Waals surface area contributed by atoms with Gasteiger partial charge in [-0.1, -0.05) is 15.9 Å². The molecule has 0 spiro atoms. The van der Waals surface area contributed by atoms with Gasteiger partial charge >= 0.3 is 5.97 Å². The fraction of sp³-hybridized carbons (Fsp3) is 0.0714. The topological polar surface area (TPSA) is 26.3 Å². The van der Waals surface area contributed by atoms with Crippen LogP contribution in [0.3, 0.4) is 0 Å². The van der Waals surface area contributed by atoms with Crippen LogP contribution >= 0.6 is 15.9 Å². The fourth-order valence-electron chi connectivity index (χ4n) is 1.70. The van der Waals surface area contributed by atoms with Gasteiger partial charge < -0.3 is 4.74 Å². The van der Waals surface area contributed by atoms with E-state index in [0.29, 0.717) is 4.47 Å². The van der Waals surface area contributed by atoms with Gasteiger partial charge in [-0.2, -0.15) is 0 Å². The molecule has 0 N–H and O–H groups in total. The average Bonchev–Trinajstić information content (AvgIpc) is 2.39. The van der Waals surface area contributed by atoms with E-state index in [1.807, 2.05) is 0 Å². The first-order valence-corrected chi connectivity index (χ1v) is 6.15. The highest BCUT2D eigenvalue weighted by molar-refractivity contribution is 9.10. The van der Waals surface area contributed by atoms with Crippen molar-refractivity contribution in [1.82, 2.24) is 0 Å². The van der Waals surface area contributed by atoms with Crippen molar-refractivity contribution in [2.24, 2.45) is 0 Å². The summed E-state index contributed by atoms with van der Waals surface area (Å²) < 4.78 is 32.4. The zero-order valence-corrected chi connectivity index (χ0v) is 11.5. The number of benzene rings is 2. The quantitative estimate of drug-likeness (QED) is 0.774. The van der Waals surface area contributed by atoms with Crippen LogP contribution in [0.2, 0.25) is 0 Å². The highest BCUT2D eigenvalue weighted by atomic mass is 79.9. The minimum Gasteiger partial charge on any atom is -0.465 e. The molecule has 2 aromatic rings. The van der Waals surface area contributed by atoms with E-state index in [0.717, 1.165) is 12.1 Å². The molecule has 0 radical (unpaired) electrons. The second-order valence-corrected chi connectivity index (χ2v) is 4.76. The highest BCUT2D eigenvalue weighted by Crippen LogP contribution is 2.28. The van der Waals surface area contributed by atoms with Crippen LogP contribution < -0.4 is 0 Å².